The van der Waals surface area contributed by atoms with E-state index in [9.17, 15) is 24.3 Å². The fourth-order valence-corrected chi connectivity index (χ4v) is 3.19. The molecular weight excluding hydrogens is 338 g/mol. The van der Waals surface area contributed by atoms with Crippen molar-refractivity contribution in [3.05, 3.63) is 29.3 Å². The Kier molecular flexibility index (Phi) is 4.92. The van der Waals surface area contributed by atoms with Gasteiger partial charge in [-0.25, -0.2) is 0 Å². The highest BCUT2D eigenvalue weighted by atomic mass is 16.3. The maximum absolute atomic E-state index is 12.5. The third kappa shape index (κ3) is 3.54. The molecule has 2 aliphatic heterocycles. The smallest absolute Gasteiger partial charge is 0.257 e. The number of likely N-dealkylation sites (tertiary alicyclic amines) is 1. The van der Waals surface area contributed by atoms with Crippen molar-refractivity contribution in [2.75, 3.05) is 32.7 Å². The van der Waals surface area contributed by atoms with Crippen LogP contribution in [0.15, 0.2) is 18.2 Å². The van der Waals surface area contributed by atoms with Crippen molar-refractivity contribution in [2.24, 2.45) is 0 Å². The number of nitrogens with zero attached hydrogens (tertiary/aromatic N) is 3. The van der Waals surface area contributed by atoms with E-state index in [-0.39, 0.29) is 54.3 Å². The van der Waals surface area contributed by atoms with E-state index in [2.05, 4.69) is 0 Å². The molecule has 3 rings (SSSR count). The molecule has 2 fully saturated rings. The average Bonchev–Trinajstić information content (AvgIpc) is 2.93. The number of aromatic hydroxyl groups is 1. The average molecular weight is 359 g/mol. The molecule has 0 atom stereocenters. The van der Waals surface area contributed by atoms with Gasteiger partial charge in [0.25, 0.3) is 5.91 Å². The predicted molar refractivity (Wildman–Crippen MR) is 91.3 cm³/mol. The molecule has 0 aromatic heterocycles. The van der Waals surface area contributed by atoms with E-state index in [4.69, 9.17) is 0 Å². The van der Waals surface area contributed by atoms with Gasteiger partial charge in [-0.3, -0.25) is 24.1 Å². The van der Waals surface area contributed by atoms with Crippen LogP contribution in [0.3, 0.4) is 0 Å². The van der Waals surface area contributed by atoms with Gasteiger partial charge in [-0.15, -0.1) is 0 Å². The molecule has 0 saturated carbocycles. The normalized spacial score (nSPS) is 17.8. The van der Waals surface area contributed by atoms with Crippen molar-refractivity contribution in [1.29, 1.82) is 0 Å². The topological polar surface area (TPSA) is 98.2 Å². The number of hydrogen-bond donors (Lipinski definition) is 1. The Balaban J connectivity index is 1.57. The number of hydrogen-bond acceptors (Lipinski definition) is 5. The number of imide groups is 1. The van der Waals surface area contributed by atoms with Crippen LogP contribution in [0.2, 0.25) is 0 Å². The molecule has 1 aromatic rings. The Labute approximate surface area is 151 Å². The first-order chi connectivity index (χ1) is 12.4. The van der Waals surface area contributed by atoms with Crippen molar-refractivity contribution in [3.8, 4) is 5.75 Å². The Morgan fingerprint density at radius 1 is 1.00 bits per heavy atom. The van der Waals surface area contributed by atoms with E-state index in [1.54, 1.807) is 21.9 Å². The van der Waals surface area contributed by atoms with Crippen LogP contribution in [0.5, 0.6) is 5.75 Å². The monoisotopic (exact) mass is 359 g/mol. The highest BCUT2D eigenvalue weighted by Crippen LogP contribution is 2.21. The lowest BCUT2D eigenvalue weighted by Gasteiger charge is -2.35. The molecule has 1 N–H and O–H groups in total. The maximum Gasteiger partial charge on any atom is 0.257 e. The Hall–Kier alpha value is -2.90. The molecule has 2 saturated heterocycles. The van der Waals surface area contributed by atoms with Crippen LogP contribution in [-0.4, -0.2) is 76.2 Å². The number of aryl methyl sites for hydroxylation is 1. The molecule has 0 bridgehead atoms. The van der Waals surface area contributed by atoms with Gasteiger partial charge in [-0.05, 0) is 24.6 Å². The summed E-state index contributed by atoms with van der Waals surface area (Å²) >= 11 is 0. The van der Waals surface area contributed by atoms with Gasteiger partial charge in [-0.2, -0.15) is 0 Å². The van der Waals surface area contributed by atoms with Crippen LogP contribution in [0.25, 0.3) is 0 Å². The van der Waals surface area contributed by atoms with Crippen molar-refractivity contribution < 1.29 is 24.3 Å². The zero-order chi connectivity index (χ0) is 18.8. The third-order valence-corrected chi connectivity index (χ3v) is 4.75. The molecule has 2 aliphatic rings. The predicted octanol–water partition coefficient (Wildman–Crippen LogP) is 0.134. The second kappa shape index (κ2) is 7.15. The molecule has 26 heavy (non-hydrogen) atoms. The number of amides is 4. The van der Waals surface area contributed by atoms with Crippen molar-refractivity contribution in [3.63, 3.8) is 0 Å². The fraction of sp³-hybridized carbons (Fsp3) is 0.444. The van der Waals surface area contributed by atoms with Crippen molar-refractivity contribution >= 4 is 23.6 Å². The minimum atomic E-state index is -0.313. The minimum Gasteiger partial charge on any atom is -0.507 e. The van der Waals surface area contributed by atoms with Crippen LogP contribution in [0.1, 0.15) is 28.8 Å². The van der Waals surface area contributed by atoms with Gasteiger partial charge in [0.1, 0.15) is 12.3 Å². The van der Waals surface area contributed by atoms with Crippen LogP contribution in [-0.2, 0) is 14.4 Å². The third-order valence-electron chi connectivity index (χ3n) is 4.75. The molecule has 138 valence electrons. The van der Waals surface area contributed by atoms with Gasteiger partial charge in [0.2, 0.25) is 17.7 Å². The summed E-state index contributed by atoms with van der Waals surface area (Å²) in [6, 6.07) is 4.89. The van der Waals surface area contributed by atoms with E-state index >= 15 is 0 Å². The van der Waals surface area contributed by atoms with E-state index in [0.717, 1.165) is 10.5 Å². The zero-order valence-electron chi connectivity index (χ0n) is 14.6. The minimum absolute atomic E-state index is 0.0560. The number of phenolic OH excluding ortho intramolecular Hbond substituents is 1. The zero-order valence-corrected chi connectivity index (χ0v) is 14.6. The van der Waals surface area contributed by atoms with Gasteiger partial charge in [0.15, 0.2) is 0 Å². The summed E-state index contributed by atoms with van der Waals surface area (Å²) in [7, 11) is 0. The van der Waals surface area contributed by atoms with Crippen LogP contribution in [0, 0.1) is 6.92 Å². The Morgan fingerprint density at radius 3 is 2.15 bits per heavy atom. The van der Waals surface area contributed by atoms with E-state index in [1.807, 2.05) is 6.92 Å². The molecular formula is C18H21N3O5. The van der Waals surface area contributed by atoms with Crippen LogP contribution in [0.4, 0.5) is 0 Å². The summed E-state index contributed by atoms with van der Waals surface area (Å²) < 4.78 is 0. The largest absolute Gasteiger partial charge is 0.507 e. The first kappa shape index (κ1) is 17.9. The highest BCUT2D eigenvalue weighted by molar-refractivity contribution is 6.04. The summed E-state index contributed by atoms with van der Waals surface area (Å²) in [6.07, 6.45) is 0.322. The highest BCUT2D eigenvalue weighted by Gasteiger charge is 2.33. The molecule has 4 amide bonds. The summed E-state index contributed by atoms with van der Waals surface area (Å²) in [5, 5.41) is 9.96. The van der Waals surface area contributed by atoms with E-state index < -0.39 is 0 Å². The van der Waals surface area contributed by atoms with Crippen molar-refractivity contribution in [1.82, 2.24) is 14.7 Å². The molecule has 0 spiro atoms. The number of carbonyl (C=O) groups excluding carboxylic acids is 4. The first-order valence-electron chi connectivity index (χ1n) is 8.56. The number of phenols is 1. The quantitative estimate of drug-likeness (QED) is 0.774. The lowest BCUT2D eigenvalue weighted by atomic mass is 10.1. The lowest BCUT2D eigenvalue weighted by molar-refractivity contribution is -0.146. The molecule has 2 heterocycles. The van der Waals surface area contributed by atoms with Crippen LogP contribution >= 0.6 is 0 Å². The van der Waals surface area contributed by atoms with E-state index in [1.165, 1.54) is 6.07 Å². The van der Waals surface area contributed by atoms with Gasteiger partial charge in [0, 0.05) is 39.0 Å². The summed E-state index contributed by atoms with van der Waals surface area (Å²) in [5.41, 5.74) is 1.10. The number of benzene rings is 1. The van der Waals surface area contributed by atoms with Crippen LogP contribution < -0.4 is 0 Å². The maximum atomic E-state index is 12.5. The second-order valence-electron chi connectivity index (χ2n) is 6.57. The number of piperazine rings is 1. The molecule has 1 aromatic carbocycles. The first-order valence-corrected chi connectivity index (χ1v) is 8.56. The lowest BCUT2D eigenvalue weighted by Crippen LogP contribution is -2.53. The molecule has 0 aliphatic carbocycles. The van der Waals surface area contributed by atoms with Gasteiger partial charge >= 0.3 is 0 Å². The molecule has 0 radical (unpaired) electrons. The number of carbonyl (C=O) groups is 4. The van der Waals surface area contributed by atoms with E-state index in [0.29, 0.717) is 26.2 Å². The second-order valence-corrected chi connectivity index (χ2v) is 6.57. The van der Waals surface area contributed by atoms with Gasteiger partial charge in [0.05, 0.1) is 5.56 Å². The molecule has 0 unspecified atom stereocenters. The number of rotatable bonds is 3. The van der Waals surface area contributed by atoms with Gasteiger partial charge < -0.3 is 14.9 Å². The van der Waals surface area contributed by atoms with Crippen molar-refractivity contribution in [2.45, 2.75) is 19.8 Å². The standard InChI is InChI=1S/C18H21N3O5/c1-12-2-3-13(14(22)10-12)18(26)20-8-6-19(7-9-20)17(25)11-21-15(23)4-5-16(21)24/h2-3,10,22H,4-9,11H2,1H3. The fourth-order valence-electron chi connectivity index (χ4n) is 3.19. The summed E-state index contributed by atoms with van der Waals surface area (Å²) in [4.78, 5) is 52.2. The Bertz CT molecular complexity index is 752. The van der Waals surface area contributed by atoms with Gasteiger partial charge in [-0.1, -0.05) is 6.07 Å². The summed E-state index contributed by atoms with van der Waals surface area (Å²) in [6.45, 7) is 2.92. The molecule has 8 heteroatoms. The summed E-state index contributed by atoms with van der Waals surface area (Å²) in [5.74, 6) is -1.25. The SMILES string of the molecule is Cc1ccc(C(=O)N2CCN(C(=O)CN3C(=O)CCC3=O)CC2)c(O)c1. The molecule has 8 nitrogen and oxygen atoms in total. The Morgan fingerprint density at radius 2 is 1.58 bits per heavy atom.